The van der Waals surface area contributed by atoms with Crippen LogP contribution in [-0.4, -0.2) is 27.6 Å². The van der Waals surface area contributed by atoms with Gasteiger partial charge in [-0.25, -0.2) is 0 Å². The summed E-state index contributed by atoms with van der Waals surface area (Å²) in [5.74, 6) is -2.26. The second-order valence-electron chi connectivity index (χ2n) is 7.43. The van der Waals surface area contributed by atoms with Crippen LogP contribution in [0.5, 0.6) is 5.75 Å². The number of nitrogens with one attached hydrogen (secondary N) is 1. The van der Waals surface area contributed by atoms with Crippen molar-refractivity contribution < 1.29 is 19.8 Å². The molecular formula is C19H27NO4. The van der Waals surface area contributed by atoms with E-state index in [0.717, 1.165) is 37.7 Å². The van der Waals surface area contributed by atoms with Crippen molar-refractivity contribution in [3.63, 3.8) is 0 Å². The third kappa shape index (κ3) is 4.98. The summed E-state index contributed by atoms with van der Waals surface area (Å²) in [5, 5.41) is 21.8. The maximum atomic E-state index is 12.6. The van der Waals surface area contributed by atoms with E-state index < -0.39 is 23.3 Å². The van der Waals surface area contributed by atoms with Crippen LogP contribution >= 0.6 is 0 Å². The van der Waals surface area contributed by atoms with Gasteiger partial charge in [0.1, 0.15) is 11.7 Å². The average Bonchev–Trinajstić information content (AvgIpc) is 2.49. The first-order chi connectivity index (χ1) is 11.3. The number of amides is 1. The number of aliphatic carboxylic acids is 1. The highest BCUT2D eigenvalue weighted by Crippen LogP contribution is 2.31. The largest absolute Gasteiger partial charge is 0.508 e. The standard InChI is InChI=1S/C19H27NO4/c1-19(2,12-13-8-10-15(21)11-9-13)20-17(22)16(18(23)24)14-6-4-3-5-7-14/h8-11,14,16,21H,3-7,12H2,1-2H3,(H,20,22)(H,23,24)/t16-/m0/s1. The molecule has 0 saturated heterocycles. The van der Waals surface area contributed by atoms with Gasteiger partial charge in [-0.2, -0.15) is 0 Å². The molecule has 0 bridgehead atoms. The maximum absolute atomic E-state index is 12.6. The number of carboxylic acids is 1. The van der Waals surface area contributed by atoms with Crippen LogP contribution in [0.1, 0.15) is 51.5 Å². The summed E-state index contributed by atoms with van der Waals surface area (Å²) in [6.45, 7) is 3.77. The summed E-state index contributed by atoms with van der Waals surface area (Å²) >= 11 is 0. The molecule has 24 heavy (non-hydrogen) atoms. The van der Waals surface area contributed by atoms with Crippen LogP contribution in [0.4, 0.5) is 0 Å². The monoisotopic (exact) mass is 333 g/mol. The number of benzene rings is 1. The molecule has 0 heterocycles. The summed E-state index contributed by atoms with van der Waals surface area (Å²) < 4.78 is 0. The second-order valence-corrected chi connectivity index (χ2v) is 7.43. The second kappa shape index (κ2) is 7.69. The molecule has 2 rings (SSSR count). The lowest BCUT2D eigenvalue weighted by Crippen LogP contribution is -2.50. The van der Waals surface area contributed by atoms with E-state index in [1.165, 1.54) is 0 Å². The lowest BCUT2D eigenvalue weighted by molar-refractivity contribution is -0.150. The van der Waals surface area contributed by atoms with Gasteiger partial charge in [0.15, 0.2) is 0 Å². The van der Waals surface area contributed by atoms with E-state index in [-0.39, 0.29) is 11.7 Å². The first-order valence-electron chi connectivity index (χ1n) is 8.61. The highest BCUT2D eigenvalue weighted by atomic mass is 16.4. The molecule has 3 N–H and O–H groups in total. The molecule has 1 fully saturated rings. The highest BCUT2D eigenvalue weighted by molar-refractivity contribution is 5.97. The van der Waals surface area contributed by atoms with Gasteiger partial charge in [0.25, 0.3) is 0 Å². The van der Waals surface area contributed by atoms with Crippen molar-refractivity contribution in [3.05, 3.63) is 29.8 Å². The van der Waals surface area contributed by atoms with Crippen LogP contribution in [0, 0.1) is 11.8 Å². The third-order valence-corrected chi connectivity index (χ3v) is 4.71. The predicted molar refractivity (Wildman–Crippen MR) is 91.7 cm³/mol. The number of hydrogen-bond donors (Lipinski definition) is 3. The molecule has 1 atom stereocenters. The Hall–Kier alpha value is -2.04. The highest BCUT2D eigenvalue weighted by Gasteiger charge is 2.37. The fraction of sp³-hybridized carbons (Fsp3) is 0.579. The van der Waals surface area contributed by atoms with Crippen LogP contribution in [-0.2, 0) is 16.0 Å². The van der Waals surface area contributed by atoms with E-state index in [9.17, 15) is 19.8 Å². The number of rotatable bonds is 6. The van der Waals surface area contributed by atoms with Gasteiger partial charge in [-0.15, -0.1) is 0 Å². The minimum absolute atomic E-state index is 0.0688. The Balaban J connectivity index is 2.03. The van der Waals surface area contributed by atoms with Crippen molar-refractivity contribution in [2.75, 3.05) is 0 Å². The van der Waals surface area contributed by atoms with Gasteiger partial charge in [0.05, 0.1) is 0 Å². The fourth-order valence-electron chi connectivity index (χ4n) is 3.57. The van der Waals surface area contributed by atoms with E-state index in [0.29, 0.717) is 6.42 Å². The minimum atomic E-state index is -1.03. The van der Waals surface area contributed by atoms with E-state index in [2.05, 4.69) is 5.32 Å². The Morgan fingerprint density at radius 3 is 2.29 bits per heavy atom. The van der Waals surface area contributed by atoms with Gasteiger partial charge >= 0.3 is 5.97 Å². The van der Waals surface area contributed by atoms with Crippen molar-refractivity contribution in [1.29, 1.82) is 0 Å². The lowest BCUT2D eigenvalue weighted by Gasteiger charge is -2.32. The van der Waals surface area contributed by atoms with E-state index in [1.54, 1.807) is 24.3 Å². The topological polar surface area (TPSA) is 86.6 Å². The zero-order valence-corrected chi connectivity index (χ0v) is 14.4. The van der Waals surface area contributed by atoms with Crippen LogP contribution in [0.15, 0.2) is 24.3 Å². The molecule has 5 heteroatoms. The van der Waals surface area contributed by atoms with Crippen LogP contribution in [0.25, 0.3) is 0 Å². The number of phenolic OH excluding ortho intramolecular Hbond substituents is 1. The van der Waals surface area contributed by atoms with Gasteiger partial charge in [-0.1, -0.05) is 31.4 Å². The maximum Gasteiger partial charge on any atom is 0.316 e. The molecule has 0 aliphatic heterocycles. The van der Waals surface area contributed by atoms with E-state index in [1.807, 2.05) is 13.8 Å². The number of carboxylic acid groups (broad SMARTS) is 1. The number of hydrogen-bond acceptors (Lipinski definition) is 3. The summed E-state index contributed by atoms with van der Waals surface area (Å²) in [4.78, 5) is 24.2. The molecule has 1 aromatic carbocycles. The molecular weight excluding hydrogens is 306 g/mol. The summed E-state index contributed by atoms with van der Waals surface area (Å²) in [6.07, 6.45) is 5.30. The molecule has 5 nitrogen and oxygen atoms in total. The summed E-state index contributed by atoms with van der Waals surface area (Å²) in [6, 6.07) is 6.82. The molecule has 1 aliphatic carbocycles. The number of aromatic hydroxyl groups is 1. The Kier molecular flexibility index (Phi) is 5.86. The Morgan fingerprint density at radius 1 is 1.17 bits per heavy atom. The number of phenols is 1. The normalized spacial score (nSPS) is 17.2. The first kappa shape index (κ1) is 18.3. The molecule has 0 radical (unpaired) electrons. The van der Waals surface area contributed by atoms with E-state index in [4.69, 9.17) is 0 Å². The smallest absolute Gasteiger partial charge is 0.316 e. The van der Waals surface area contributed by atoms with Crippen molar-refractivity contribution in [1.82, 2.24) is 5.32 Å². The van der Waals surface area contributed by atoms with Crippen molar-refractivity contribution in [2.24, 2.45) is 11.8 Å². The van der Waals surface area contributed by atoms with Gasteiger partial charge in [-0.3, -0.25) is 9.59 Å². The summed E-state index contributed by atoms with van der Waals surface area (Å²) in [5.41, 5.74) is 0.416. The quantitative estimate of drug-likeness (QED) is 0.698. The molecule has 1 aliphatic rings. The molecule has 1 saturated carbocycles. The zero-order chi connectivity index (χ0) is 17.7. The molecule has 0 aromatic heterocycles. The fourth-order valence-corrected chi connectivity index (χ4v) is 3.57. The van der Waals surface area contributed by atoms with Crippen molar-refractivity contribution in [3.8, 4) is 5.75 Å². The molecule has 0 spiro atoms. The van der Waals surface area contributed by atoms with Gasteiger partial charge in [0.2, 0.25) is 5.91 Å². The van der Waals surface area contributed by atoms with Gasteiger partial charge < -0.3 is 15.5 Å². The van der Waals surface area contributed by atoms with Crippen LogP contribution < -0.4 is 5.32 Å². The van der Waals surface area contributed by atoms with Gasteiger partial charge in [-0.05, 0) is 56.7 Å². The van der Waals surface area contributed by atoms with E-state index >= 15 is 0 Å². The lowest BCUT2D eigenvalue weighted by atomic mass is 9.79. The molecule has 132 valence electrons. The Morgan fingerprint density at radius 2 is 1.75 bits per heavy atom. The number of carbonyl (C=O) groups excluding carboxylic acids is 1. The number of carbonyl (C=O) groups is 2. The first-order valence-corrected chi connectivity index (χ1v) is 8.61. The molecule has 0 unspecified atom stereocenters. The van der Waals surface area contributed by atoms with Crippen molar-refractivity contribution in [2.45, 2.75) is 57.9 Å². The predicted octanol–water partition coefficient (Wildman–Crippen LogP) is 3.11. The SMILES string of the molecule is CC(C)(Cc1ccc(O)cc1)NC(=O)[C@@H](C(=O)O)C1CCCCC1. The molecule has 1 aromatic rings. The van der Waals surface area contributed by atoms with Crippen LogP contribution in [0.2, 0.25) is 0 Å². The summed E-state index contributed by atoms with van der Waals surface area (Å²) in [7, 11) is 0. The third-order valence-electron chi connectivity index (χ3n) is 4.71. The minimum Gasteiger partial charge on any atom is -0.508 e. The van der Waals surface area contributed by atoms with Crippen LogP contribution in [0.3, 0.4) is 0 Å². The average molecular weight is 333 g/mol. The Bertz CT molecular complexity index is 574. The molecule has 1 amide bonds. The Labute approximate surface area is 143 Å². The zero-order valence-electron chi connectivity index (χ0n) is 14.4. The van der Waals surface area contributed by atoms with Crippen molar-refractivity contribution >= 4 is 11.9 Å². The van der Waals surface area contributed by atoms with Gasteiger partial charge in [0, 0.05) is 5.54 Å².